The predicted octanol–water partition coefficient (Wildman–Crippen LogP) is 1.62. The molecule has 0 fully saturated rings. The number of ether oxygens (including phenoxy) is 2. The zero-order chi connectivity index (χ0) is 12.4. The summed E-state index contributed by atoms with van der Waals surface area (Å²) in [6.45, 7) is 3.17. The molecular formula is C11H12N4O2S. The first kappa shape index (κ1) is 11.2. The number of hydrogen-bond acceptors (Lipinski definition) is 7. The van der Waals surface area contributed by atoms with Crippen LogP contribution in [0.3, 0.4) is 0 Å². The summed E-state index contributed by atoms with van der Waals surface area (Å²) in [5.41, 5.74) is 2.45. The lowest BCUT2D eigenvalue weighted by Gasteiger charge is -2.07. The van der Waals surface area contributed by atoms with Crippen molar-refractivity contribution >= 4 is 16.7 Å². The molecule has 1 aliphatic rings. The normalized spacial score (nSPS) is 12.7. The highest BCUT2D eigenvalue weighted by molar-refractivity contribution is 7.09. The van der Waals surface area contributed by atoms with Crippen LogP contribution in [-0.2, 0) is 6.42 Å². The van der Waals surface area contributed by atoms with Gasteiger partial charge in [0.15, 0.2) is 11.5 Å². The van der Waals surface area contributed by atoms with Crippen molar-refractivity contribution in [1.82, 2.24) is 14.8 Å². The van der Waals surface area contributed by atoms with Crippen LogP contribution in [0.4, 0.5) is 5.13 Å². The Kier molecular flexibility index (Phi) is 2.97. The van der Waals surface area contributed by atoms with E-state index in [1.54, 1.807) is 0 Å². The molecule has 0 saturated carbocycles. The van der Waals surface area contributed by atoms with Crippen molar-refractivity contribution in [1.29, 1.82) is 0 Å². The van der Waals surface area contributed by atoms with Crippen molar-refractivity contribution in [2.45, 2.75) is 13.3 Å². The van der Waals surface area contributed by atoms with Crippen LogP contribution in [0.5, 0.6) is 11.5 Å². The van der Waals surface area contributed by atoms with Gasteiger partial charge in [-0.2, -0.15) is 0 Å². The predicted molar refractivity (Wildman–Crippen MR) is 67.2 cm³/mol. The molecule has 2 aromatic rings. The van der Waals surface area contributed by atoms with Crippen LogP contribution >= 0.6 is 11.5 Å². The summed E-state index contributed by atoms with van der Waals surface area (Å²) < 4.78 is 14.4. The quantitative estimate of drug-likeness (QED) is 0.905. The van der Waals surface area contributed by atoms with Gasteiger partial charge < -0.3 is 14.8 Å². The highest BCUT2D eigenvalue weighted by Crippen LogP contribution is 2.34. The van der Waals surface area contributed by atoms with Crippen LogP contribution in [0.1, 0.15) is 11.1 Å². The molecule has 0 aliphatic carbocycles. The summed E-state index contributed by atoms with van der Waals surface area (Å²) in [7, 11) is 0. The minimum Gasteiger partial charge on any atom is -0.454 e. The van der Waals surface area contributed by atoms with Crippen LogP contribution in [0.2, 0.25) is 0 Å². The van der Waals surface area contributed by atoms with E-state index in [2.05, 4.69) is 27.0 Å². The molecule has 7 heteroatoms. The molecule has 0 unspecified atom stereocenters. The second-order valence-corrected chi connectivity index (χ2v) is 4.71. The van der Waals surface area contributed by atoms with Gasteiger partial charge in [0.1, 0.15) is 0 Å². The van der Waals surface area contributed by atoms with E-state index in [0.29, 0.717) is 6.79 Å². The average molecular weight is 264 g/mol. The van der Waals surface area contributed by atoms with Gasteiger partial charge in [-0.1, -0.05) is 9.59 Å². The van der Waals surface area contributed by atoms with Crippen LogP contribution in [-0.4, -0.2) is 28.1 Å². The lowest BCUT2D eigenvalue weighted by atomic mass is 10.0. The lowest BCUT2D eigenvalue weighted by molar-refractivity contribution is 0.174. The van der Waals surface area contributed by atoms with Crippen LogP contribution in [0.15, 0.2) is 12.1 Å². The number of nitrogens with one attached hydrogen (secondary N) is 1. The number of fused-ring (bicyclic) bond motifs is 1. The van der Waals surface area contributed by atoms with E-state index in [1.165, 1.54) is 22.7 Å². The molecule has 6 nitrogen and oxygen atoms in total. The minimum absolute atomic E-state index is 0.312. The molecule has 0 saturated heterocycles. The van der Waals surface area contributed by atoms with Crippen molar-refractivity contribution in [2.75, 3.05) is 18.7 Å². The summed E-state index contributed by atoms with van der Waals surface area (Å²) in [6, 6.07) is 4.06. The van der Waals surface area contributed by atoms with Crippen molar-refractivity contribution in [2.24, 2.45) is 0 Å². The summed E-state index contributed by atoms with van der Waals surface area (Å²) in [6.07, 6.45) is 0.891. The fraction of sp³-hybridized carbons (Fsp3) is 0.364. The first-order valence-electron chi connectivity index (χ1n) is 5.61. The number of rotatable bonds is 4. The third-order valence-electron chi connectivity index (χ3n) is 2.80. The van der Waals surface area contributed by atoms with Crippen LogP contribution in [0, 0.1) is 6.92 Å². The van der Waals surface area contributed by atoms with Crippen molar-refractivity contribution in [3.63, 3.8) is 0 Å². The Morgan fingerprint density at radius 2 is 2.17 bits per heavy atom. The first-order chi connectivity index (χ1) is 8.83. The van der Waals surface area contributed by atoms with Crippen molar-refractivity contribution < 1.29 is 9.47 Å². The average Bonchev–Trinajstić information content (AvgIpc) is 3.00. The molecule has 1 aromatic heterocycles. The molecule has 1 N–H and O–H groups in total. The van der Waals surface area contributed by atoms with E-state index >= 15 is 0 Å². The van der Waals surface area contributed by atoms with E-state index < -0.39 is 0 Å². The standard InChI is InChI=1S/C11H12N4O2S/c1-7-4-9-10(17-6-16-9)5-8(7)2-3-12-11-13-14-15-18-11/h4-5H,2-3,6H2,1H3,(H,12,13,15). The molecule has 18 heavy (non-hydrogen) atoms. The summed E-state index contributed by atoms with van der Waals surface area (Å²) in [4.78, 5) is 0. The summed E-state index contributed by atoms with van der Waals surface area (Å²) in [5.74, 6) is 1.66. The first-order valence-corrected chi connectivity index (χ1v) is 6.38. The SMILES string of the molecule is Cc1cc2c(cc1CCNc1nnns1)OCO2. The van der Waals surface area contributed by atoms with E-state index in [1.807, 2.05) is 12.1 Å². The summed E-state index contributed by atoms with van der Waals surface area (Å²) in [5, 5.41) is 11.3. The smallest absolute Gasteiger partial charge is 0.231 e. The Bertz CT molecular complexity index is 544. The van der Waals surface area contributed by atoms with Crippen LogP contribution < -0.4 is 14.8 Å². The van der Waals surface area contributed by atoms with Gasteiger partial charge in [-0.3, -0.25) is 0 Å². The molecule has 94 valence electrons. The number of aromatic nitrogens is 3. The lowest BCUT2D eigenvalue weighted by Crippen LogP contribution is -2.05. The molecule has 0 amide bonds. The zero-order valence-electron chi connectivity index (χ0n) is 9.84. The number of aryl methyl sites for hydroxylation is 1. The Hall–Kier alpha value is -1.89. The maximum Gasteiger partial charge on any atom is 0.231 e. The second kappa shape index (κ2) is 4.77. The molecular weight excluding hydrogens is 252 g/mol. The minimum atomic E-state index is 0.312. The third kappa shape index (κ3) is 2.21. The molecule has 1 aliphatic heterocycles. The third-order valence-corrected chi connectivity index (χ3v) is 3.35. The summed E-state index contributed by atoms with van der Waals surface area (Å²) >= 11 is 1.25. The van der Waals surface area contributed by atoms with Gasteiger partial charge in [0.2, 0.25) is 11.9 Å². The van der Waals surface area contributed by atoms with Gasteiger partial charge in [0.25, 0.3) is 0 Å². The van der Waals surface area contributed by atoms with E-state index in [4.69, 9.17) is 9.47 Å². The van der Waals surface area contributed by atoms with E-state index in [-0.39, 0.29) is 0 Å². The molecule has 0 spiro atoms. The van der Waals surface area contributed by atoms with Crippen molar-refractivity contribution in [3.8, 4) is 11.5 Å². The van der Waals surface area contributed by atoms with E-state index in [9.17, 15) is 0 Å². The highest BCUT2D eigenvalue weighted by Gasteiger charge is 2.15. The van der Waals surface area contributed by atoms with Crippen LogP contribution in [0.25, 0.3) is 0 Å². The maximum absolute atomic E-state index is 5.37. The molecule has 0 atom stereocenters. The fourth-order valence-electron chi connectivity index (χ4n) is 1.86. The van der Waals surface area contributed by atoms with Gasteiger partial charge >= 0.3 is 0 Å². The maximum atomic E-state index is 5.37. The van der Waals surface area contributed by atoms with E-state index in [0.717, 1.165) is 29.6 Å². The Labute approximate surface area is 108 Å². The highest BCUT2D eigenvalue weighted by atomic mass is 32.1. The molecule has 0 radical (unpaired) electrons. The van der Waals surface area contributed by atoms with Gasteiger partial charge in [-0.15, -0.1) is 0 Å². The second-order valence-electron chi connectivity index (χ2n) is 3.98. The zero-order valence-corrected chi connectivity index (χ0v) is 10.7. The Morgan fingerprint density at radius 3 is 2.94 bits per heavy atom. The molecule has 3 rings (SSSR count). The molecule has 2 heterocycles. The molecule has 0 bridgehead atoms. The Balaban J connectivity index is 1.66. The number of nitrogens with zero attached hydrogens (tertiary/aromatic N) is 3. The van der Waals surface area contributed by atoms with Gasteiger partial charge in [-0.25, -0.2) is 0 Å². The van der Waals surface area contributed by atoms with Crippen molar-refractivity contribution in [3.05, 3.63) is 23.3 Å². The Morgan fingerprint density at radius 1 is 1.33 bits per heavy atom. The topological polar surface area (TPSA) is 69.2 Å². The number of hydrogen-bond donors (Lipinski definition) is 1. The number of benzene rings is 1. The number of anilines is 1. The van der Waals surface area contributed by atoms with Gasteiger partial charge in [-0.05, 0) is 41.8 Å². The molecule has 1 aromatic carbocycles. The van der Waals surface area contributed by atoms with Gasteiger partial charge in [0.05, 0.1) is 0 Å². The monoisotopic (exact) mass is 264 g/mol. The van der Waals surface area contributed by atoms with Gasteiger partial charge in [0, 0.05) is 18.1 Å². The fourth-order valence-corrected chi connectivity index (χ4v) is 2.25. The largest absolute Gasteiger partial charge is 0.454 e.